The molecule has 8 aromatic rings. The zero-order chi connectivity index (χ0) is 29.8. The highest BCUT2D eigenvalue weighted by Crippen LogP contribution is 2.38. The van der Waals surface area contributed by atoms with Gasteiger partial charge < -0.3 is 4.98 Å². The summed E-state index contributed by atoms with van der Waals surface area (Å²) in [6.07, 6.45) is 0. The number of benzene rings is 4. The van der Waals surface area contributed by atoms with Gasteiger partial charge in [0.1, 0.15) is 0 Å². The topological polar surface area (TPSA) is 127 Å². The molecule has 0 radical (unpaired) electrons. The summed E-state index contributed by atoms with van der Waals surface area (Å²) < 4.78 is 2.83. The Bertz CT molecular complexity index is 2470. The molecule has 0 saturated carbocycles. The first-order valence-corrected chi connectivity index (χ1v) is 14.1. The van der Waals surface area contributed by atoms with Crippen molar-refractivity contribution < 1.29 is 0 Å². The maximum atomic E-state index is 13.8. The summed E-state index contributed by atoms with van der Waals surface area (Å²) >= 11 is 0. The predicted octanol–water partition coefficient (Wildman–Crippen LogP) is 5.39. The van der Waals surface area contributed by atoms with E-state index in [2.05, 4.69) is 33.4 Å². The molecule has 10 nitrogen and oxygen atoms in total. The fourth-order valence-corrected chi connectivity index (χ4v) is 5.70. The Kier molecular flexibility index (Phi) is 5.80. The summed E-state index contributed by atoms with van der Waals surface area (Å²) in [6.45, 7) is 2.45. The first kappa shape index (κ1) is 25.5. The van der Waals surface area contributed by atoms with Crippen molar-refractivity contribution in [1.29, 1.82) is 0 Å². The van der Waals surface area contributed by atoms with Crippen LogP contribution in [-0.2, 0) is 6.54 Å². The summed E-state index contributed by atoms with van der Waals surface area (Å²) in [5, 5.41) is 13.1. The number of aromatic nitrogens is 8. The standard InChI is InChI=1S/C34H24N8O2/c1-20-16-17-26-25(18-20)27(22-12-6-3-7-13-22)28(35-26)30-36-31-29(38-40-41(31)19-21-10-4-2-5-11-21)32(37-30)42-34(44)24-15-9-8-14-23(24)33(43)39-42/h2-18,35H,19H2,1H3,(H,39,43). The molecule has 0 fully saturated rings. The highest BCUT2D eigenvalue weighted by molar-refractivity contribution is 6.03. The first-order chi connectivity index (χ1) is 21.5. The van der Waals surface area contributed by atoms with E-state index >= 15 is 0 Å². The van der Waals surface area contributed by atoms with Crippen molar-refractivity contribution >= 4 is 32.8 Å². The summed E-state index contributed by atoms with van der Waals surface area (Å²) in [4.78, 5) is 40.4. The second kappa shape index (κ2) is 9.99. The normalized spacial score (nSPS) is 11.6. The van der Waals surface area contributed by atoms with E-state index in [0.29, 0.717) is 29.1 Å². The molecule has 44 heavy (non-hydrogen) atoms. The number of nitrogens with zero attached hydrogens (tertiary/aromatic N) is 6. The highest BCUT2D eigenvalue weighted by atomic mass is 16.2. The monoisotopic (exact) mass is 576 g/mol. The van der Waals surface area contributed by atoms with E-state index in [0.717, 1.165) is 37.8 Å². The third-order valence-corrected chi connectivity index (χ3v) is 7.79. The largest absolute Gasteiger partial charge is 0.351 e. The molecule has 4 aromatic heterocycles. The van der Waals surface area contributed by atoms with Crippen LogP contribution in [0.25, 0.3) is 61.3 Å². The predicted molar refractivity (Wildman–Crippen MR) is 170 cm³/mol. The van der Waals surface area contributed by atoms with Gasteiger partial charge in [0.15, 0.2) is 22.8 Å². The van der Waals surface area contributed by atoms with Gasteiger partial charge in [-0.05, 0) is 42.3 Å². The zero-order valence-corrected chi connectivity index (χ0v) is 23.5. The van der Waals surface area contributed by atoms with Gasteiger partial charge in [-0.15, -0.1) is 5.10 Å². The maximum absolute atomic E-state index is 13.8. The lowest BCUT2D eigenvalue weighted by atomic mass is 10.0. The van der Waals surface area contributed by atoms with Crippen molar-refractivity contribution in [2.75, 3.05) is 0 Å². The van der Waals surface area contributed by atoms with Gasteiger partial charge in [0.05, 0.1) is 23.0 Å². The minimum atomic E-state index is -0.431. The Morgan fingerprint density at radius 2 is 1.50 bits per heavy atom. The van der Waals surface area contributed by atoms with Crippen LogP contribution in [0.2, 0.25) is 0 Å². The molecule has 0 spiro atoms. The van der Waals surface area contributed by atoms with E-state index in [1.807, 2.05) is 72.8 Å². The summed E-state index contributed by atoms with van der Waals surface area (Å²) in [5.41, 5.74) is 5.47. The van der Waals surface area contributed by atoms with Crippen molar-refractivity contribution in [3.05, 3.63) is 135 Å². The minimum Gasteiger partial charge on any atom is -0.351 e. The lowest BCUT2D eigenvalue weighted by Gasteiger charge is -2.10. The van der Waals surface area contributed by atoms with Gasteiger partial charge in [0.2, 0.25) is 0 Å². The van der Waals surface area contributed by atoms with Crippen LogP contribution in [0.1, 0.15) is 11.1 Å². The molecular formula is C34H24N8O2. The molecule has 0 aliphatic heterocycles. The molecule has 0 aliphatic carbocycles. The van der Waals surface area contributed by atoms with Crippen molar-refractivity contribution in [3.8, 4) is 28.5 Å². The molecule has 4 heterocycles. The van der Waals surface area contributed by atoms with Crippen LogP contribution in [0.15, 0.2) is 113 Å². The average molecular weight is 577 g/mol. The lowest BCUT2D eigenvalue weighted by molar-refractivity contribution is 0.664. The van der Waals surface area contributed by atoms with Gasteiger partial charge >= 0.3 is 0 Å². The third-order valence-electron chi connectivity index (χ3n) is 7.79. The van der Waals surface area contributed by atoms with E-state index in [4.69, 9.17) is 9.97 Å². The van der Waals surface area contributed by atoms with E-state index < -0.39 is 11.1 Å². The van der Waals surface area contributed by atoms with Crippen LogP contribution in [-0.4, -0.2) is 39.7 Å². The summed E-state index contributed by atoms with van der Waals surface area (Å²) in [7, 11) is 0. The number of aromatic amines is 2. The fourth-order valence-electron chi connectivity index (χ4n) is 5.70. The Hall–Kier alpha value is -6.16. The van der Waals surface area contributed by atoms with E-state index in [1.54, 1.807) is 28.9 Å². The molecule has 0 amide bonds. The Morgan fingerprint density at radius 1 is 0.773 bits per heavy atom. The Balaban J connectivity index is 1.46. The van der Waals surface area contributed by atoms with Crippen molar-refractivity contribution in [2.24, 2.45) is 0 Å². The number of rotatable bonds is 5. The molecule has 10 heteroatoms. The van der Waals surface area contributed by atoms with Gasteiger partial charge in [-0.2, -0.15) is 4.68 Å². The van der Waals surface area contributed by atoms with Crippen molar-refractivity contribution in [1.82, 2.24) is 39.7 Å². The second-order valence-electron chi connectivity index (χ2n) is 10.7. The zero-order valence-electron chi connectivity index (χ0n) is 23.5. The van der Waals surface area contributed by atoms with Gasteiger partial charge in [-0.1, -0.05) is 89.6 Å². The van der Waals surface area contributed by atoms with Crippen molar-refractivity contribution in [2.45, 2.75) is 13.5 Å². The first-order valence-electron chi connectivity index (χ1n) is 14.1. The van der Waals surface area contributed by atoms with E-state index in [-0.39, 0.29) is 16.7 Å². The number of hydrogen-bond acceptors (Lipinski definition) is 6. The van der Waals surface area contributed by atoms with E-state index in [1.165, 1.54) is 0 Å². The van der Waals surface area contributed by atoms with Crippen molar-refractivity contribution in [3.63, 3.8) is 0 Å². The van der Waals surface area contributed by atoms with Crippen LogP contribution >= 0.6 is 0 Å². The second-order valence-corrected chi connectivity index (χ2v) is 10.7. The van der Waals surface area contributed by atoms with Crippen LogP contribution in [0.3, 0.4) is 0 Å². The number of H-pyrrole nitrogens is 2. The molecule has 0 bridgehead atoms. The van der Waals surface area contributed by atoms with Gasteiger partial charge in [-0.3, -0.25) is 14.7 Å². The SMILES string of the molecule is Cc1ccc2[nH]c(-c3nc(-n4[nH]c(=O)c5ccccc5c4=O)c4nnn(Cc5ccccc5)c4n3)c(-c3ccccc3)c2c1. The van der Waals surface area contributed by atoms with Gasteiger partial charge in [-0.25, -0.2) is 14.6 Å². The fraction of sp³-hybridized carbons (Fsp3) is 0.0588. The molecular weight excluding hydrogens is 552 g/mol. The van der Waals surface area contributed by atoms with Crippen LogP contribution in [0.4, 0.5) is 0 Å². The molecule has 0 unspecified atom stereocenters. The number of aryl methyl sites for hydroxylation is 1. The number of hydrogen-bond donors (Lipinski definition) is 2. The summed E-state index contributed by atoms with van der Waals surface area (Å²) in [6, 6.07) is 32.8. The molecule has 2 N–H and O–H groups in total. The number of nitrogens with one attached hydrogen (secondary N) is 2. The van der Waals surface area contributed by atoms with Crippen LogP contribution in [0.5, 0.6) is 0 Å². The van der Waals surface area contributed by atoms with Crippen LogP contribution < -0.4 is 11.1 Å². The van der Waals surface area contributed by atoms with Gasteiger partial charge in [0.25, 0.3) is 11.1 Å². The van der Waals surface area contributed by atoms with Crippen LogP contribution in [0, 0.1) is 6.92 Å². The lowest BCUT2D eigenvalue weighted by Crippen LogP contribution is -2.29. The molecule has 0 aliphatic rings. The third kappa shape index (κ3) is 4.11. The quantitative estimate of drug-likeness (QED) is 0.283. The van der Waals surface area contributed by atoms with Gasteiger partial charge in [0, 0.05) is 16.5 Å². The Morgan fingerprint density at radius 3 is 2.30 bits per heavy atom. The molecule has 0 atom stereocenters. The van der Waals surface area contributed by atoms with E-state index in [9.17, 15) is 9.59 Å². The smallest absolute Gasteiger partial charge is 0.279 e. The molecule has 212 valence electrons. The summed E-state index contributed by atoms with van der Waals surface area (Å²) in [5.74, 6) is 0.462. The highest BCUT2D eigenvalue weighted by Gasteiger charge is 2.24. The number of fused-ring (bicyclic) bond motifs is 3. The molecule has 4 aromatic carbocycles. The Labute approximate surface area is 249 Å². The maximum Gasteiger partial charge on any atom is 0.279 e. The average Bonchev–Trinajstić information content (AvgIpc) is 3.64. The molecule has 8 rings (SSSR count). The molecule has 0 saturated heterocycles. The minimum absolute atomic E-state index is 0.131.